The maximum Gasteiger partial charge on any atom is 0.267 e. The molecule has 1 aliphatic rings. The number of nitrogens with one attached hydrogen (secondary N) is 1. The highest BCUT2D eigenvalue weighted by Crippen LogP contribution is 2.34. The molecule has 170 valence electrons. The largest absolute Gasteiger partial charge is 0.492 e. The van der Waals surface area contributed by atoms with E-state index in [1.165, 1.54) is 23.1 Å². The summed E-state index contributed by atoms with van der Waals surface area (Å²) >= 11 is 0. The van der Waals surface area contributed by atoms with E-state index >= 15 is 0 Å². The molecule has 0 fully saturated rings. The van der Waals surface area contributed by atoms with Gasteiger partial charge in [0, 0.05) is 12.6 Å². The Morgan fingerprint density at radius 3 is 2.59 bits per heavy atom. The Balaban J connectivity index is 1.69. The smallest absolute Gasteiger partial charge is 0.267 e. The van der Waals surface area contributed by atoms with Crippen LogP contribution in [0.3, 0.4) is 0 Å². The van der Waals surface area contributed by atoms with Crippen molar-refractivity contribution in [3.8, 4) is 11.5 Å². The minimum absolute atomic E-state index is 0.104. The van der Waals surface area contributed by atoms with Crippen molar-refractivity contribution in [3.63, 3.8) is 0 Å². The van der Waals surface area contributed by atoms with Gasteiger partial charge in [-0.1, -0.05) is 12.1 Å². The van der Waals surface area contributed by atoms with Gasteiger partial charge < -0.3 is 19.7 Å². The highest BCUT2D eigenvalue weighted by molar-refractivity contribution is 7.92. The summed E-state index contributed by atoms with van der Waals surface area (Å²) in [5.41, 5.74) is 0.825. The summed E-state index contributed by atoms with van der Waals surface area (Å²) in [5.74, 6) is -2.60. The summed E-state index contributed by atoms with van der Waals surface area (Å²) in [6.45, 7) is 3.78. The Labute approximate surface area is 186 Å². The second-order valence-electron chi connectivity index (χ2n) is 7.27. The van der Waals surface area contributed by atoms with Crippen LogP contribution >= 0.6 is 0 Å². The third-order valence-corrected chi connectivity index (χ3v) is 6.19. The van der Waals surface area contributed by atoms with Crippen molar-refractivity contribution in [1.82, 2.24) is 0 Å². The fraction of sp³-hybridized carbons (Fsp3) is 0.318. The van der Waals surface area contributed by atoms with Crippen LogP contribution in [0.1, 0.15) is 24.2 Å². The van der Waals surface area contributed by atoms with Crippen LogP contribution in [-0.2, 0) is 19.4 Å². The zero-order chi connectivity index (χ0) is 23.5. The summed E-state index contributed by atoms with van der Waals surface area (Å²) in [7, 11) is -2.49. The number of benzene rings is 2. The van der Waals surface area contributed by atoms with Crippen molar-refractivity contribution >= 4 is 38.8 Å². The monoisotopic (exact) mass is 460 g/mol. The predicted octanol–water partition coefficient (Wildman–Crippen LogP) is 2.07. The molecule has 0 radical (unpaired) electrons. The number of ether oxygens (including phenoxy) is 2. The van der Waals surface area contributed by atoms with E-state index in [4.69, 9.17) is 9.47 Å². The SMILES string of the molecule is CCOc1ccccc1NC(=O)CS(=O)(=O)CC(=O)c1ccc2c(c1)N(C)C(=O)C(C)O2. The number of amides is 2. The van der Waals surface area contributed by atoms with Gasteiger partial charge in [-0.05, 0) is 44.2 Å². The first-order chi connectivity index (χ1) is 15.1. The van der Waals surface area contributed by atoms with E-state index in [9.17, 15) is 22.8 Å². The van der Waals surface area contributed by atoms with E-state index in [-0.39, 0.29) is 11.5 Å². The second-order valence-corrected chi connectivity index (χ2v) is 9.34. The lowest BCUT2D eigenvalue weighted by molar-refractivity contribution is -0.125. The minimum atomic E-state index is -4.04. The van der Waals surface area contributed by atoms with Crippen LogP contribution in [0.15, 0.2) is 42.5 Å². The van der Waals surface area contributed by atoms with Gasteiger partial charge in [-0.3, -0.25) is 14.4 Å². The fourth-order valence-electron chi connectivity index (χ4n) is 3.26. The summed E-state index contributed by atoms with van der Waals surface area (Å²) in [6, 6.07) is 11.0. The molecule has 1 atom stereocenters. The summed E-state index contributed by atoms with van der Waals surface area (Å²) < 4.78 is 35.8. The lowest BCUT2D eigenvalue weighted by Gasteiger charge is -2.30. The van der Waals surface area contributed by atoms with Crippen LogP contribution in [0.5, 0.6) is 11.5 Å². The number of rotatable bonds is 8. The third-order valence-electron chi connectivity index (χ3n) is 4.79. The van der Waals surface area contributed by atoms with E-state index in [1.807, 2.05) is 0 Å². The van der Waals surface area contributed by atoms with Crippen molar-refractivity contribution < 1.29 is 32.3 Å². The molecule has 1 unspecified atom stereocenters. The highest BCUT2D eigenvalue weighted by Gasteiger charge is 2.30. The molecular formula is C22H24N2O7S. The average Bonchev–Trinajstić information content (AvgIpc) is 2.72. The Bertz CT molecular complexity index is 1160. The van der Waals surface area contributed by atoms with E-state index in [2.05, 4.69) is 5.32 Å². The van der Waals surface area contributed by atoms with Gasteiger partial charge in [0.2, 0.25) is 5.91 Å². The third kappa shape index (κ3) is 5.25. The maximum atomic E-state index is 12.6. The number of para-hydroxylation sites is 2. The van der Waals surface area contributed by atoms with Crippen LogP contribution in [0.25, 0.3) is 0 Å². The van der Waals surface area contributed by atoms with Crippen molar-refractivity contribution in [1.29, 1.82) is 0 Å². The number of carbonyl (C=O) groups is 3. The molecule has 1 heterocycles. The van der Waals surface area contributed by atoms with Gasteiger partial charge >= 0.3 is 0 Å². The minimum Gasteiger partial charge on any atom is -0.492 e. The number of likely N-dealkylation sites (N-methyl/N-ethyl adjacent to an activating group) is 1. The summed E-state index contributed by atoms with van der Waals surface area (Å²) in [5, 5.41) is 2.51. The zero-order valence-electron chi connectivity index (χ0n) is 18.0. The lowest BCUT2D eigenvalue weighted by Crippen LogP contribution is -2.42. The number of nitrogens with zero attached hydrogens (tertiary/aromatic N) is 1. The molecule has 2 amide bonds. The first-order valence-electron chi connectivity index (χ1n) is 9.95. The molecule has 10 heteroatoms. The Morgan fingerprint density at radius 1 is 1.16 bits per heavy atom. The van der Waals surface area contributed by atoms with E-state index < -0.39 is 39.1 Å². The number of sulfone groups is 1. The Hall–Kier alpha value is -3.40. The van der Waals surface area contributed by atoms with Gasteiger partial charge in [0.05, 0.1) is 18.0 Å². The van der Waals surface area contributed by atoms with Crippen LogP contribution in [0.2, 0.25) is 0 Å². The molecule has 0 saturated heterocycles. The normalized spacial score (nSPS) is 15.5. The molecule has 0 bridgehead atoms. The molecule has 2 aromatic rings. The average molecular weight is 461 g/mol. The number of Topliss-reactive ketones (excluding diaryl/α,β-unsaturated/α-hetero) is 1. The van der Waals surface area contributed by atoms with Gasteiger partial charge in [0.15, 0.2) is 21.7 Å². The van der Waals surface area contributed by atoms with Gasteiger partial charge in [-0.25, -0.2) is 8.42 Å². The second kappa shape index (κ2) is 9.39. The standard InChI is InChI=1S/C22H24N2O7S/c1-4-30-19-8-6-5-7-16(19)23-21(26)13-32(28,29)12-18(25)15-9-10-20-17(11-15)24(3)22(27)14(2)31-20/h5-11,14H,4,12-13H2,1-3H3,(H,23,26). The number of carbonyl (C=O) groups excluding carboxylic acids is 3. The van der Waals surface area contributed by atoms with Gasteiger partial charge in [-0.15, -0.1) is 0 Å². The predicted molar refractivity (Wildman–Crippen MR) is 119 cm³/mol. The van der Waals surface area contributed by atoms with Gasteiger partial charge in [0.1, 0.15) is 23.0 Å². The molecule has 9 nitrogen and oxygen atoms in total. The Morgan fingerprint density at radius 2 is 1.88 bits per heavy atom. The van der Waals surface area contributed by atoms with Crippen LogP contribution in [0, 0.1) is 0 Å². The molecule has 1 aliphatic heterocycles. The quantitative estimate of drug-likeness (QED) is 0.599. The van der Waals surface area contributed by atoms with Crippen molar-refractivity contribution in [2.24, 2.45) is 0 Å². The van der Waals surface area contributed by atoms with Crippen molar-refractivity contribution in [3.05, 3.63) is 48.0 Å². The lowest BCUT2D eigenvalue weighted by atomic mass is 10.1. The molecule has 1 N–H and O–H groups in total. The molecule has 32 heavy (non-hydrogen) atoms. The summed E-state index contributed by atoms with van der Waals surface area (Å²) in [4.78, 5) is 38.3. The van der Waals surface area contributed by atoms with Crippen LogP contribution in [0.4, 0.5) is 11.4 Å². The van der Waals surface area contributed by atoms with E-state index in [0.717, 1.165) is 0 Å². The number of fused-ring (bicyclic) bond motifs is 1. The van der Waals surface area contributed by atoms with Crippen molar-refractivity contribution in [2.45, 2.75) is 20.0 Å². The van der Waals surface area contributed by atoms with Gasteiger partial charge in [-0.2, -0.15) is 0 Å². The molecule has 0 saturated carbocycles. The maximum absolute atomic E-state index is 12.6. The number of anilines is 2. The van der Waals surface area contributed by atoms with Crippen molar-refractivity contribution in [2.75, 3.05) is 35.4 Å². The summed E-state index contributed by atoms with van der Waals surface area (Å²) in [6.07, 6.45) is -0.652. The molecule has 2 aromatic carbocycles. The van der Waals surface area contributed by atoms with E-state index in [0.29, 0.717) is 29.5 Å². The Kier molecular flexibility index (Phi) is 6.83. The topological polar surface area (TPSA) is 119 Å². The first kappa shape index (κ1) is 23.3. The number of hydrogen-bond donors (Lipinski definition) is 1. The molecule has 0 aromatic heterocycles. The van der Waals surface area contributed by atoms with E-state index in [1.54, 1.807) is 45.2 Å². The van der Waals surface area contributed by atoms with Crippen LogP contribution in [-0.4, -0.2) is 57.3 Å². The number of hydrogen-bond acceptors (Lipinski definition) is 7. The first-order valence-corrected chi connectivity index (χ1v) is 11.8. The van der Waals surface area contributed by atoms with Crippen LogP contribution < -0.4 is 19.7 Å². The molecule has 0 aliphatic carbocycles. The fourth-order valence-corrected chi connectivity index (χ4v) is 4.40. The number of ketones is 1. The van der Waals surface area contributed by atoms with Gasteiger partial charge in [0.25, 0.3) is 5.91 Å². The molecular weight excluding hydrogens is 436 g/mol. The zero-order valence-corrected chi connectivity index (χ0v) is 18.8. The molecule has 3 rings (SSSR count). The molecule has 0 spiro atoms. The highest BCUT2D eigenvalue weighted by atomic mass is 32.2.